The van der Waals surface area contributed by atoms with Crippen molar-refractivity contribution in [2.75, 3.05) is 26.0 Å². The molecule has 0 saturated heterocycles. The van der Waals surface area contributed by atoms with Gasteiger partial charge in [0.25, 0.3) is 0 Å². The fraction of sp³-hybridized carbons (Fsp3) is 0.364. The molecule has 2 N–H and O–H groups in total. The predicted octanol–water partition coefficient (Wildman–Crippen LogP) is 0.570. The first-order valence-corrected chi connectivity index (χ1v) is 6.82. The first kappa shape index (κ1) is 14.5. The molecule has 0 heterocycles. The molecule has 0 saturated carbocycles. The van der Waals surface area contributed by atoms with Crippen molar-refractivity contribution < 1.29 is 17.9 Å². The fourth-order valence-electron chi connectivity index (χ4n) is 1.28. The summed E-state index contributed by atoms with van der Waals surface area (Å²) in [6.07, 6.45) is 0.257. The van der Waals surface area contributed by atoms with E-state index in [1.54, 1.807) is 12.1 Å². The van der Waals surface area contributed by atoms with Crippen molar-refractivity contribution in [2.24, 2.45) is 0 Å². The Balaban J connectivity index is 2.59. The summed E-state index contributed by atoms with van der Waals surface area (Å²) >= 11 is 0. The second-order valence-electron chi connectivity index (χ2n) is 3.48. The van der Waals surface area contributed by atoms with Crippen LogP contribution in [-0.4, -0.2) is 35.1 Å². The van der Waals surface area contributed by atoms with Crippen LogP contribution in [0.25, 0.3) is 0 Å². The number of hydrogen-bond donors (Lipinski definition) is 2. The second-order valence-corrected chi connectivity index (χ2v) is 5.37. The molecule has 0 aliphatic rings. The van der Waals surface area contributed by atoms with Gasteiger partial charge in [0.05, 0.1) is 18.4 Å². The third kappa shape index (κ3) is 4.01. The van der Waals surface area contributed by atoms with Crippen LogP contribution in [0.1, 0.15) is 6.42 Å². The van der Waals surface area contributed by atoms with E-state index < -0.39 is 10.0 Å². The highest BCUT2D eigenvalue weighted by Gasteiger charge is 2.10. The molecule has 0 aromatic heterocycles. The monoisotopic (exact) mass is 272 g/mol. The molecule has 1 aromatic rings. The minimum Gasteiger partial charge on any atom is -0.469 e. The minimum absolute atomic E-state index is 0.198. The highest BCUT2D eigenvalue weighted by atomic mass is 32.2. The number of carbonyl (C=O) groups excluding carboxylic acids is 1. The number of benzene rings is 1. The lowest BCUT2D eigenvalue weighted by molar-refractivity contribution is -0.140. The Bertz CT molecular complexity index is 496. The summed E-state index contributed by atoms with van der Waals surface area (Å²) in [7, 11) is -0.713. The average Bonchev–Trinajstić information content (AvgIpc) is 2.39. The molecule has 0 radical (unpaired) electrons. The quantitative estimate of drug-likeness (QED) is 0.740. The molecule has 0 bridgehead atoms. The molecule has 18 heavy (non-hydrogen) atoms. The zero-order valence-electron chi connectivity index (χ0n) is 10.3. The van der Waals surface area contributed by atoms with Gasteiger partial charge in [-0.25, -0.2) is 13.1 Å². The van der Waals surface area contributed by atoms with Crippen molar-refractivity contribution in [1.82, 2.24) is 4.72 Å². The van der Waals surface area contributed by atoms with E-state index in [1.807, 2.05) is 0 Å². The van der Waals surface area contributed by atoms with Crippen LogP contribution in [0.2, 0.25) is 0 Å². The summed E-state index contributed by atoms with van der Waals surface area (Å²) < 4.78 is 29.7. The van der Waals surface area contributed by atoms with Gasteiger partial charge in [-0.05, 0) is 31.3 Å². The molecular weight excluding hydrogens is 256 g/mol. The Kier molecular flexibility index (Phi) is 5.11. The number of ether oxygens (including phenoxy) is 1. The molecule has 7 heteroatoms. The molecule has 1 aromatic carbocycles. The predicted molar refractivity (Wildman–Crippen MR) is 67.8 cm³/mol. The van der Waals surface area contributed by atoms with E-state index in [9.17, 15) is 13.2 Å². The maximum absolute atomic E-state index is 11.5. The Morgan fingerprint density at radius 2 is 1.89 bits per heavy atom. The van der Waals surface area contributed by atoms with Gasteiger partial charge in [-0.15, -0.1) is 0 Å². The molecule has 1 rings (SSSR count). The normalized spacial score (nSPS) is 11.0. The molecule has 0 amide bonds. The van der Waals surface area contributed by atoms with Crippen LogP contribution in [-0.2, 0) is 19.6 Å². The van der Waals surface area contributed by atoms with Gasteiger partial charge >= 0.3 is 5.97 Å². The molecule has 6 nitrogen and oxygen atoms in total. The van der Waals surface area contributed by atoms with Gasteiger partial charge in [0, 0.05) is 12.2 Å². The van der Waals surface area contributed by atoms with Gasteiger partial charge in [0.2, 0.25) is 10.0 Å². The van der Waals surface area contributed by atoms with E-state index in [1.165, 1.54) is 26.3 Å². The van der Waals surface area contributed by atoms with Gasteiger partial charge in [0.15, 0.2) is 0 Å². The summed E-state index contributed by atoms with van der Waals surface area (Å²) in [5, 5.41) is 2.99. The summed E-state index contributed by atoms with van der Waals surface area (Å²) in [6.45, 7) is 0.435. The number of hydrogen-bond acceptors (Lipinski definition) is 5. The molecule has 0 fully saturated rings. The van der Waals surface area contributed by atoms with Gasteiger partial charge in [-0.1, -0.05) is 0 Å². The van der Waals surface area contributed by atoms with Gasteiger partial charge in [0.1, 0.15) is 0 Å². The highest BCUT2D eigenvalue weighted by Crippen LogP contribution is 2.13. The molecule has 0 spiro atoms. The third-order valence-electron chi connectivity index (χ3n) is 2.32. The van der Waals surface area contributed by atoms with Gasteiger partial charge < -0.3 is 10.1 Å². The molecule has 0 aliphatic carbocycles. The third-order valence-corrected chi connectivity index (χ3v) is 3.75. The number of sulfonamides is 1. The number of methoxy groups -OCH3 is 1. The van der Waals surface area contributed by atoms with Crippen LogP contribution in [0, 0.1) is 0 Å². The van der Waals surface area contributed by atoms with E-state index in [4.69, 9.17) is 0 Å². The molecule has 0 unspecified atom stereocenters. The lowest BCUT2D eigenvalue weighted by atomic mass is 10.3. The van der Waals surface area contributed by atoms with Crippen LogP contribution < -0.4 is 10.0 Å². The number of carbonyl (C=O) groups is 1. The number of rotatable bonds is 6. The molecule has 100 valence electrons. The van der Waals surface area contributed by atoms with Crippen LogP contribution in [0.15, 0.2) is 29.2 Å². The Morgan fingerprint density at radius 1 is 1.28 bits per heavy atom. The van der Waals surface area contributed by atoms with E-state index in [-0.39, 0.29) is 17.3 Å². The van der Waals surface area contributed by atoms with Crippen LogP contribution in [0.3, 0.4) is 0 Å². The number of esters is 1. The highest BCUT2D eigenvalue weighted by molar-refractivity contribution is 7.89. The van der Waals surface area contributed by atoms with Crippen molar-refractivity contribution in [3.63, 3.8) is 0 Å². The van der Waals surface area contributed by atoms with Crippen LogP contribution in [0.4, 0.5) is 5.69 Å². The first-order chi connectivity index (χ1) is 8.49. The first-order valence-electron chi connectivity index (χ1n) is 5.34. The summed E-state index contributed by atoms with van der Waals surface area (Å²) in [5.74, 6) is -0.295. The van der Waals surface area contributed by atoms with E-state index in [2.05, 4.69) is 14.8 Å². The maximum Gasteiger partial charge on any atom is 0.307 e. The Hall–Kier alpha value is -1.60. The number of nitrogens with one attached hydrogen (secondary N) is 2. The van der Waals surface area contributed by atoms with Crippen molar-refractivity contribution in [3.8, 4) is 0 Å². The SMILES string of the molecule is CNS(=O)(=O)c1ccc(NCCC(=O)OC)cc1. The summed E-state index contributed by atoms with van der Waals surface area (Å²) in [4.78, 5) is 11.1. The number of anilines is 1. The zero-order valence-corrected chi connectivity index (χ0v) is 11.1. The van der Waals surface area contributed by atoms with Crippen LogP contribution >= 0.6 is 0 Å². The van der Waals surface area contributed by atoms with Crippen molar-refractivity contribution in [1.29, 1.82) is 0 Å². The minimum atomic E-state index is -3.40. The maximum atomic E-state index is 11.5. The molecule has 0 aliphatic heterocycles. The Morgan fingerprint density at radius 3 is 2.39 bits per heavy atom. The van der Waals surface area contributed by atoms with Crippen molar-refractivity contribution >= 4 is 21.7 Å². The Labute approximate surface area is 106 Å². The lowest BCUT2D eigenvalue weighted by Crippen LogP contribution is -2.18. The van der Waals surface area contributed by atoms with E-state index in [0.717, 1.165) is 5.69 Å². The lowest BCUT2D eigenvalue weighted by Gasteiger charge is -2.07. The second kappa shape index (κ2) is 6.36. The zero-order chi connectivity index (χ0) is 13.6. The standard InChI is InChI=1S/C11H16N2O4S/c1-12-18(15,16)10-5-3-9(4-6-10)13-8-7-11(14)17-2/h3-6,12-13H,7-8H2,1-2H3. The van der Waals surface area contributed by atoms with Crippen molar-refractivity contribution in [2.45, 2.75) is 11.3 Å². The van der Waals surface area contributed by atoms with Gasteiger partial charge in [-0.2, -0.15) is 0 Å². The van der Waals surface area contributed by atoms with Gasteiger partial charge in [-0.3, -0.25) is 4.79 Å². The topological polar surface area (TPSA) is 84.5 Å². The molecule has 0 atom stereocenters. The van der Waals surface area contributed by atoms with Crippen LogP contribution in [0.5, 0.6) is 0 Å². The largest absolute Gasteiger partial charge is 0.469 e. The fourth-order valence-corrected chi connectivity index (χ4v) is 2.01. The average molecular weight is 272 g/mol. The van der Waals surface area contributed by atoms with Crippen molar-refractivity contribution in [3.05, 3.63) is 24.3 Å². The van der Waals surface area contributed by atoms with E-state index in [0.29, 0.717) is 6.54 Å². The van der Waals surface area contributed by atoms with E-state index >= 15 is 0 Å². The smallest absolute Gasteiger partial charge is 0.307 e. The molecular formula is C11H16N2O4S. The summed E-state index contributed by atoms with van der Waals surface area (Å²) in [6, 6.07) is 6.27. The summed E-state index contributed by atoms with van der Waals surface area (Å²) in [5.41, 5.74) is 0.744.